The first kappa shape index (κ1) is 13.5. The summed E-state index contributed by atoms with van der Waals surface area (Å²) in [6.07, 6.45) is 0. The second kappa shape index (κ2) is 5.49. The van der Waals surface area contributed by atoms with Gasteiger partial charge in [0.1, 0.15) is 5.82 Å². The third-order valence-electron chi connectivity index (χ3n) is 2.85. The summed E-state index contributed by atoms with van der Waals surface area (Å²) in [5.74, 6) is 0.721. The molecule has 2 aromatic carbocycles. The van der Waals surface area contributed by atoms with Crippen molar-refractivity contribution in [1.82, 2.24) is 4.98 Å². The average molecular weight is 324 g/mol. The highest BCUT2D eigenvalue weighted by Gasteiger charge is 2.02. The minimum atomic E-state index is 0.500. The topological polar surface area (TPSA) is 24.9 Å². The van der Waals surface area contributed by atoms with E-state index in [4.69, 9.17) is 34.8 Å². The second-order valence-electron chi connectivity index (χ2n) is 4.29. The number of benzene rings is 2. The van der Waals surface area contributed by atoms with Gasteiger partial charge in [-0.1, -0.05) is 40.9 Å². The van der Waals surface area contributed by atoms with Crippen molar-refractivity contribution in [2.45, 2.75) is 0 Å². The molecule has 0 saturated carbocycles. The molecule has 0 radical (unpaired) electrons. The van der Waals surface area contributed by atoms with E-state index in [0.29, 0.717) is 15.1 Å². The number of pyridine rings is 1. The first-order chi connectivity index (χ1) is 9.61. The van der Waals surface area contributed by atoms with Gasteiger partial charge >= 0.3 is 0 Å². The number of rotatable bonds is 2. The molecule has 0 saturated heterocycles. The van der Waals surface area contributed by atoms with Crippen LogP contribution >= 0.6 is 34.8 Å². The zero-order valence-corrected chi connectivity index (χ0v) is 12.5. The van der Waals surface area contributed by atoms with Gasteiger partial charge in [-0.05, 0) is 42.5 Å². The molecule has 2 nitrogen and oxygen atoms in total. The summed E-state index contributed by atoms with van der Waals surface area (Å²) in [5.41, 5.74) is 1.66. The molecular formula is C15H9Cl3N2. The van der Waals surface area contributed by atoms with Crippen molar-refractivity contribution >= 4 is 57.2 Å². The van der Waals surface area contributed by atoms with Crippen molar-refractivity contribution in [3.8, 4) is 0 Å². The fourth-order valence-corrected chi connectivity index (χ4v) is 2.35. The van der Waals surface area contributed by atoms with Crippen LogP contribution in [0.25, 0.3) is 10.9 Å². The van der Waals surface area contributed by atoms with Crippen LogP contribution in [-0.4, -0.2) is 4.98 Å². The van der Waals surface area contributed by atoms with Crippen LogP contribution < -0.4 is 5.32 Å². The highest BCUT2D eigenvalue weighted by Crippen LogP contribution is 2.27. The molecule has 0 aliphatic carbocycles. The van der Waals surface area contributed by atoms with Gasteiger partial charge in [-0.25, -0.2) is 4.98 Å². The molecule has 1 aromatic heterocycles. The summed E-state index contributed by atoms with van der Waals surface area (Å²) < 4.78 is 0. The number of hydrogen-bond acceptors (Lipinski definition) is 2. The Labute approximate surface area is 131 Å². The molecule has 20 heavy (non-hydrogen) atoms. The molecule has 0 amide bonds. The molecule has 3 rings (SSSR count). The van der Waals surface area contributed by atoms with Crippen LogP contribution in [0.4, 0.5) is 11.5 Å². The lowest BCUT2D eigenvalue weighted by atomic mass is 10.2. The Morgan fingerprint density at radius 1 is 0.800 bits per heavy atom. The third kappa shape index (κ3) is 2.83. The van der Waals surface area contributed by atoms with Crippen LogP contribution in [0.2, 0.25) is 15.1 Å². The Bertz CT molecular complexity index is 787. The smallest absolute Gasteiger partial charge is 0.131 e. The van der Waals surface area contributed by atoms with Crippen LogP contribution in [0.3, 0.4) is 0 Å². The fourth-order valence-electron chi connectivity index (χ4n) is 1.88. The highest BCUT2D eigenvalue weighted by atomic mass is 35.5. The van der Waals surface area contributed by atoms with Crippen molar-refractivity contribution in [3.05, 3.63) is 63.6 Å². The molecule has 0 unspecified atom stereocenters. The normalized spacial score (nSPS) is 10.8. The van der Waals surface area contributed by atoms with Gasteiger partial charge in [0, 0.05) is 16.1 Å². The highest BCUT2D eigenvalue weighted by molar-refractivity contribution is 6.42. The van der Waals surface area contributed by atoms with E-state index in [2.05, 4.69) is 10.3 Å². The van der Waals surface area contributed by atoms with Gasteiger partial charge in [0.2, 0.25) is 0 Å². The maximum Gasteiger partial charge on any atom is 0.131 e. The quantitative estimate of drug-likeness (QED) is 0.631. The Morgan fingerprint density at radius 3 is 2.40 bits per heavy atom. The summed E-state index contributed by atoms with van der Waals surface area (Å²) in [7, 11) is 0. The molecule has 0 bridgehead atoms. The van der Waals surface area contributed by atoms with Crippen molar-refractivity contribution in [2.75, 3.05) is 5.32 Å². The molecule has 1 heterocycles. The first-order valence-corrected chi connectivity index (χ1v) is 7.03. The molecule has 5 heteroatoms. The zero-order valence-electron chi connectivity index (χ0n) is 10.2. The molecule has 0 fully saturated rings. The number of halogens is 3. The van der Waals surface area contributed by atoms with Crippen molar-refractivity contribution < 1.29 is 0 Å². The number of anilines is 2. The fraction of sp³-hybridized carbons (Fsp3) is 0. The molecule has 0 atom stereocenters. The van der Waals surface area contributed by atoms with Gasteiger partial charge in [0.05, 0.1) is 15.6 Å². The van der Waals surface area contributed by atoms with E-state index < -0.39 is 0 Å². The third-order valence-corrected chi connectivity index (χ3v) is 3.82. The molecule has 0 aliphatic heterocycles. The van der Waals surface area contributed by atoms with Gasteiger partial charge < -0.3 is 5.32 Å². The number of aromatic nitrogens is 1. The second-order valence-corrected chi connectivity index (χ2v) is 5.54. The minimum absolute atomic E-state index is 0.500. The minimum Gasteiger partial charge on any atom is -0.340 e. The summed E-state index contributed by atoms with van der Waals surface area (Å²) in [5, 5.41) is 5.91. The van der Waals surface area contributed by atoms with Gasteiger partial charge in [-0.15, -0.1) is 0 Å². The van der Waals surface area contributed by atoms with E-state index in [9.17, 15) is 0 Å². The van der Waals surface area contributed by atoms with Gasteiger partial charge in [0.25, 0.3) is 0 Å². The van der Waals surface area contributed by atoms with E-state index in [1.165, 1.54) is 0 Å². The average Bonchev–Trinajstić information content (AvgIpc) is 2.42. The SMILES string of the molecule is Clc1ccc2ccc(Nc3ccc(Cl)c(Cl)c3)nc2c1. The van der Waals surface area contributed by atoms with Gasteiger partial charge in [0.15, 0.2) is 0 Å². The van der Waals surface area contributed by atoms with Crippen molar-refractivity contribution in [1.29, 1.82) is 0 Å². The van der Waals surface area contributed by atoms with E-state index in [1.54, 1.807) is 12.1 Å². The number of nitrogens with zero attached hydrogens (tertiary/aromatic N) is 1. The molecular weight excluding hydrogens is 315 g/mol. The van der Waals surface area contributed by atoms with E-state index in [-0.39, 0.29) is 0 Å². The molecule has 3 aromatic rings. The van der Waals surface area contributed by atoms with E-state index in [0.717, 1.165) is 22.4 Å². The Morgan fingerprint density at radius 2 is 1.60 bits per heavy atom. The van der Waals surface area contributed by atoms with Crippen molar-refractivity contribution in [3.63, 3.8) is 0 Å². The largest absolute Gasteiger partial charge is 0.340 e. The van der Waals surface area contributed by atoms with Crippen LogP contribution in [0.1, 0.15) is 0 Å². The number of hydrogen-bond donors (Lipinski definition) is 1. The lowest BCUT2D eigenvalue weighted by molar-refractivity contribution is 1.37. The molecule has 100 valence electrons. The Hall–Kier alpha value is -1.48. The summed E-state index contributed by atoms with van der Waals surface area (Å²) in [6.45, 7) is 0. The lowest BCUT2D eigenvalue weighted by Crippen LogP contribution is -1.93. The summed E-state index contributed by atoms with van der Waals surface area (Å²) >= 11 is 17.9. The Kier molecular flexibility index (Phi) is 3.70. The monoisotopic (exact) mass is 322 g/mol. The maximum atomic E-state index is 5.99. The predicted octanol–water partition coefficient (Wildman–Crippen LogP) is 5.94. The molecule has 0 aliphatic rings. The van der Waals surface area contributed by atoms with Crippen molar-refractivity contribution in [2.24, 2.45) is 0 Å². The van der Waals surface area contributed by atoms with Crippen LogP contribution in [0.15, 0.2) is 48.5 Å². The van der Waals surface area contributed by atoms with Gasteiger partial charge in [-0.2, -0.15) is 0 Å². The first-order valence-electron chi connectivity index (χ1n) is 5.90. The molecule has 1 N–H and O–H groups in total. The Balaban J connectivity index is 1.95. The van der Waals surface area contributed by atoms with E-state index >= 15 is 0 Å². The predicted molar refractivity (Wildman–Crippen MR) is 86.5 cm³/mol. The van der Waals surface area contributed by atoms with Crippen LogP contribution in [0.5, 0.6) is 0 Å². The maximum absolute atomic E-state index is 5.99. The standard InChI is InChI=1S/C15H9Cl3N2/c16-10-3-1-9-2-6-15(20-14(9)7-10)19-11-4-5-12(17)13(18)8-11/h1-8H,(H,19,20). The number of fused-ring (bicyclic) bond motifs is 1. The summed E-state index contributed by atoms with van der Waals surface area (Å²) in [4.78, 5) is 4.51. The van der Waals surface area contributed by atoms with Crippen LogP contribution in [0, 0.1) is 0 Å². The van der Waals surface area contributed by atoms with E-state index in [1.807, 2.05) is 36.4 Å². The zero-order chi connectivity index (χ0) is 14.1. The lowest BCUT2D eigenvalue weighted by Gasteiger charge is -2.08. The summed E-state index contributed by atoms with van der Waals surface area (Å²) in [6, 6.07) is 14.8. The van der Waals surface area contributed by atoms with Gasteiger partial charge in [-0.3, -0.25) is 0 Å². The van der Waals surface area contributed by atoms with Crippen LogP contribution in [-0.2, 0) is 0 Å². The molecule has 0 spiro atoms. The number of nitrogens with one attached hydrogen (secondary N) is 1.